The number of rotatable bonds is 21. The van der Waals surface area contributed by atoms with E-state index in [4.69, 9.17) is 5.73 Å². The van der Waals surface area contributed by atoms with Crippen LogP contribution in [0.1, 0.15) is 100 Å². The maximum Gasteiger partial charge on any atom is 0.305 e. The summed E-state index contributed by atoms with van der Waals surface area (Å²) in [7, 11) is 5.23. The van der Waals surface area contributed by atoms with Gasteiger partial charge < -0.3 is 103 Å². The number of aliphatic carboxylic acids is 1. The van der Waals surface area contributed by atoms with Crippen molar-refractivity contribution in [2.24, 2.45) is 17.6 Å². The molecule has 0 unspecified atom stereocenters. The molecule has 11 atom stereocenters. The maximum absolute atomic E-state index is 15.5. The van der Waals surface area contributed by atoms with E-state index in [0.29, 0.717) is 57.3 Å². The lowest BCUT2D eigenvalue weighted by Crippen LogP contribution is -2.62. The number of para-hydroxylation sites is 1. The lowest BCUT2D eigenvalue weighted by molar-refractivity contribution is -0.151. The van der Waals surface area contributed by atoms with Gasteiger partial charge in [-0.15, -0.1) is 11.8 Å². The third-order valence-electron chi connectivity index (χ3n) is 22.0. The van der Waals surface area contributed by atoms with Crippen molar-refractivity contribution in [3.05, 3.63) is 180 Å². The summed E-state index contributed by atoms with van der Waals surface area (Å²) in [6, 6.07) is 16.8. The zero-order valence-corrected chi connectivity index (χ0v) is 73.0. The highest BCUT2D eigenvalue weighted by Crippen LogP contribution is 2.33. The number of likely N-dealkylation sites (N-methyl/N-ethyl adjacent to an activating group) is 4. The molecule has 2 aliphatic heterocycles. The number of phenols is 2. The highest BCUT2D eigenvalue weighted by Gasteiger charge is 2.44. The fourth-order valence-corrected chi connectivity index (χ4v) is 16.0. The van der Waals surface area contributed by atoms with E-state index in [-0.39, 0.29) is 74.5 Å². The molecule has 2 bridgehead atoms. The van der Waals surface area contributed by atoms with Gasteiger partial charge in [0.05, 0.1) is 37.3 Å². The van der Waals surface area contributed by atoms with Crippen molar-refractivity contribution in [3.8, 4) is 11.5 Å². The third-order valence-corrected chi connectivity index (χ3v) is 23.0. The van der Waals surface area contributed by atoms with Gasteiger partial charge in [0.25, 0.3) is 0 Å². The van der Waals surface area contributed by atoms with Crippen LogP contribution in [0.4, 0.5) is 5.69 Å². The number of phenolic OH excluding ortho intramolecular Hbond substituents is 2. The number of unbranched alkanes of at least 4 members (excludes halogenated alkanes) is 1. The van der Waals surface area contributed by atoms with Crippen LogP contribution in [0, 0.1) is 11.8 Å². The molecular formula is C89H112N18O19S. The Morgan fingerprint density at radius 1 is 0.551 bits per heavy atom. The molecule has 127 heavy (non-hydrogen) atoms. The van der Waals surface area contributed by atoms with E-state index < -0.39 is 205 Å². The number of aromatic hydroxyl groups is 2. The summed E-state index contributed by atoms with van der Waals surface area (Å²) in [4.78, 5) is 250. The van der Waals surface area contributed by atoms with Crippen LogP contribution in [0.25, 0.3) is 10.9 Å². The van der Waals surface area contributed by atoms with Gasteiger partial charge in [0, 0.05) is 108 Å². The van der Waals surface area contributed by atoms with Crippen molar-refractivity contribution in [2.75, 3.05) is 64.2 Å². The molecule has 0 saturated carbocycles. The topological polar surface area (TPSA) is 529 Å². The number of hydrogen-bond donors (Lipinski definition) is 15. The van der Waals surface area contributed by atoms with Gasteiger partial charge in [-0.1, -0.05) is 145 Å². The fraction of sp³-hybridized carbons (Fsp3) is 0.427. The predicted octanol–water partition coefficient (Wildman–Crippen LogP) is 0.938. The van der Waals surface area contributed by atoms with E-state index in [1.54, 1.807) is 119 Å². The largest absolute Gasteiger partial charge is 0.508 e. The molecule has 15 amide bonds. The van der Waals surface area contributed by atoms with E-state index >= 15 is 38.4 Å². The first-order chi connectivity index (χ1) is 60.5. The maximum atomic E-state index is 15.5. The lowest BCUT2D eigenvalue weighted by atomic mass is 9.95. The van der Waals surface area contributed by atoms with Crippen molar-refractivity contribution in [3.63, 3.8) is 0 Å². The van der Waals surface area contributed by atoms with Gasteiger partial charge in [-0.3, -0.25) is 76.7 Å². The molecule has 9 rings (SSSR count). The number of carboxylic acids is 1. The normalized spacial score (nSPS) is 22.3. The first kappa shape index (κ1) is 97.1. The second-order valence-electron chi connectivity index (χ2n) is 32.5. The highest BCUT2D eigenvalue weighted by atomic mass is 32.2. The van der Waals surface area contributed by atoms with Gasteiger partial charge in [0.15, 0.2) is 0 Å². The van der Waals surface area contributed by atoms with Crippen LogP contribution >= 0.6 is 11.8 Å². The molecule has 38 heteroatoms. The number of benzene rings is 5. The Labute approximate surface area is 738 Å². The molecule has 0 radical (unpaired) electrons. The zero-order valence-electron chi connectivity index (χ0n) is 72.2. The van der Waals surface area contributed by atoms with E-state index in [9.17, 15) is 53.7 Å². The summed E-state index contributed by atoms with van der Waals surface area (Å²) in [6.07, 6.45) is 2.73. The smallest absolute Gasteiger partial charge is 0.305 e. The monoisotopic (exact) mass is 1770 g/mol. The van der Waals surface area contributed by atoms with E-state index in [1.807, 2.05) is 6.92 Å². The Bertz CT molecular complexity index is 5100. The molecule has 1 saturated heterocycles. The van der Waals surface area contributed by atoms with Crippen LogP contribution < -0.4 is 58.5 Å². The highest BCUT2D eigenvalue weighted by molar-refractivity contribution is 8.00. The first-order valence-corrected chi connectivity index (χ1v) is 42.9. The molecule has 678 valence electrons. The second-order valence-corrected chi connectivity index (χ2v) is 33.6. The Hall–Kier alpha value is -13.7. The number of primary amides is 1. The minimum Gasteiger partial charge on any atom is -0.508 e. The number of thioether (sulfide) groups is 1. The molecule has 0 aliphatic carbocycles. The Morgan fingerprint density at radius 2 is 1.13 bits per heavy atom. The first-order valence-electron chi connectivity index (χ1n) is 41.8. The SMILES string of the molecule is CCCC[C@H]1C(=O)N(C)CC(=O)N[C@@H](CC(=O)O)C(=O)N[C@@H](C(C)C)C(=O)N(C)[C@@H](Cc2ccccc2)C(=O)N[C@H]2Cc3ccc(O)cc3N(CC(=O)N[C@@H](Cc3c[nH]c4ccccc34)C(=O)N[C@@H](Cc3ccc(O)cc3)C(=O)N[C@@H](CC(C)C)C(=O)N[C@H](C(=O)NCC(N)=O)CSCC(=O)N[C@@H](Cc3cnc[nH]3)C(=O)N(C)[C@@H](Cc3ccccc3)C(=O)N1C)C2=O. The van der Waals surface area contributed by atoms with Crippen molar-refractivity contribution < 1.29 is 92.0 Å². The second kappa shape index (κ2) is 45.8. The van der Waals surface area contributed by atoms with Crippen molar-refractivity contribution >= 4 is 123 Å². The lowest BCUT2D eigenvalue weighted by Gasteiger charge is -2.37. The Morgan fingerprint density at radius 3 is 1.76 bits per heavy atom. The minimum absolute atomic E-state index is 0.0239. The van der Waals surface area contributed by atoms with Crippen LogP contribution in [0.2, 0.25) is 0 Å². The number of H-pyrrole nitrogens is 2. The number of amides is 15. The number of nitrogens with zero attached hydrogens (tertiary/aromatic N) is 6. The zero-order chi connectivity index (χ0) is 92.5. The van der Waals surface area contributed by atoms with Gasteiger partial charge in [0.1, 0.15) is 84.5 Å². The van der Waals surface area contributed by atoms with Crippen molar-refractivity contribution in [1.82, 2.24) is 82.4 Å². The van der Waals surface area contributed by atoms with Gasteiger partial charge in [-0.05, 0) is 76.8 Å². The molecule has 5 aromatic carbocycles. The molecule has 2 aliphatic rings. The van der Waals surface area contributed by atoms with Crippen LogP contribution in [0.3, 0.4) is 0 Å². The molecular weight excluding hydrogens is 1660 g/mol. The molecule has 7 aromatic rings. The number of carbonyl (C=O) groups excluding carboxylic acids is 15. The van der Waals surface area contributed by atoms with E-state index in [0.717, 1.165) is 36.3 Å². The number of fused-ring (bicyclic) bond motifs is 5. The summed E-state index contributed by atoms with van der Waals surface area (Å²) in [5, 5.41) is 56.1. The van der Waals surface area contributed by atoms with E-state index in [2.05, 4.69) is 62.8 Å². The summed E-state index contributed by atoms with van der Waals surface area (Å²) < 4.78 is 0. The molecule has 0 spiro atoms. The number of nitrogens with two attached hydrogens (primary N) is 1. The van der Waals surface area contributed by atoms with Gasteiger partial charge in [-0.2, -0.15) is 0 Å². The van der Waals surface area contributed by atoms with Gasteiger partial charge in [-0.25, -0.2) is 4.98 Å². The predicted molar refractivity (Wildman–Crippen MR) is 469 cm³/mol. The standard InChI is InChI=1S/C89H112N18O19S/c1-10-11-26-69-87(124)103(6)45-74(111)96-65(41-77(114)115)83(120)102-78(51(4)5)89(126)105(8)71(35-52-20-14-12-15-21-52)84(121)100-66-37-55-29-32-59(109)40-70(55)107(86(66)123)46-75(112)95-64(38-56-42-92-61-25-19-18-24-60(56)61)82(119)99-63(34-54-27-30-58(108)31-28-54)81(118)98-62(33-50(2)3)80(117)101-68(79(116)93-44-73(90)110)47-127-48-76(113)97-67(39-57-43-91-49-94-57)85(122)106(9)72(88(125)104(69)7)36-53-22-16-13-17-23-53/h12-25,27-32,40,42-43,49-51,62-69,71-72,78,92,108-109H,10-11,26,33-39,41,44-48H2,1-9H3,(H2,90,110)(H,91,94)(H,93,116)(H,95,112)(H,96,111)(H,97,113)(H,98,118)(H,99,119)(H,100,121)(H,101,117)(H,102,120)(H,114,115)/t62-,63-,64-,65-,66-,67-,68-,69-,71-,72-,78-/m0/s1. The number of carboxylic acid groups (broad SMARTS) is 1. The van der Waals surface area contributed by atoms with Crippen molar-refractivity contribution in [2.45, 2.75) is 172 Å². The molecule has 4 heterocycles. The average Bonchev–Trinajstić information content (AvgIpc) is 1.14. The van der Waals surface area contributed by atoms with Crippen LogP contribution in [-0.2, 0) is 115 Å². The summed E-state index contributed by atoms with van der Waals surface area (Å²) in [6.45, 7) is 6.05. The number of carbonyl (C=O) groups is 16. The van der Waals surface area contributed by atoms with Crippen LogP contribution in [0.15, 0.2) is 146 Å². The molecule has 2 aromatic heterocycles. The Kier molecular flexibility index (Phi) is 35.0. The van der Waals surface area contributed by atoms with E-state index in [1.165, 1.54) is 83.2 Å². The Balaban J connectivity index is 1.11. The summed E-state index contributed by atoms with van der Waals surface area (Å²) >= 11 is 0.809. The summed E-state index contributed by atoms with van der Waals surface area (Å²) in [5.41, 5.74) is 8.82. The fourth-order valence-electron chi connectivity index (χ4n) is 15.1. The molecule has 1 fully saturated rings. The molecule has 16 N–H and O–H groups in total. The van der Waals surface area contributed by atoms with Crippen molar-refractivity contribution in [1.29, 1.82) is 0 Å². The minimum atomic E-state index is -1.90. The number of aromatic amines is 2. The summed E-state index contributed by atoms with van der Waals surface area (Å²) in [5.74, 6) is -17.9. The number of nitrogens with one attached hydrogen (secondary N) is 11. The van der Waals surface area contributed by atoms with Crippen LogP contribution in [0.5, 0.6) is 11.5 Å². The average molecular weight is 1770 g/mol. The quantitative estimate of drug-likeness (QED) is 0.0476. The van der Waals surface area contributed by atoms with Gasteiger partial charge in [0.2, 0.25) is 88.6 Å². The molecule has 37 nitrogen and oxygen atoms in total. The van der Waals surface area contributed by atoms with Gasteiger partial charge >= 0.3 is 5.97 Å². The van der Waals surface area contributed by atoms with Crippen LogP contribution in [-0.4, -0.2) is 270 Å². The number of hydrogen-bond acceptors (Lipinski definition) is 20. The number of anilines is 1. The number of imidazole rings is 1. The third kappa shape index (κ3) is 27.4. The number of aromatic nitrogens is 3.